The zero-order valence-corrected chi connectivity index (χ0v) is 15.5. The van der Waals surface area contributed by atoms with Gasteiger partial charge in [-0.3, -0.25) is 4.79 Å². The molecule has 0 fully saturated rings. The molecule has 2 nitrogen and oxygen atoms in total. The molecule has 1 aromatic heterocycles. The second-order valence-corrected chi connectivity index (χ2v) is 6.92. The monoisotopic (exact) mass is 440 g/mol. The van der Waals surface area contributed by atoms with Gasteiger partial charge < -0.3 is 4.42 Å². The Labute approximate surface area is 152 Å². The van der Waals surface area contributed by atoms with Gasteiger partial charge in [0, 0.05) is 19.9 Å². The summed E-state index contributed by atoms with van der Waals surface area (Å²) in [5.41, 5.74) is 1.64. The zero-order chi connectivity index (χ0) is 18.5. The van der Waals surface area contributed by atoms with Gasteiger partial charge in [0.15, 0.2) is 12.0 Å². The maximum Gasteiger partial charge on any atom is 0.197 e. The summed E-state index contributed by atoms with van der Waals surface area (Å²) in [5.74, 6) is -0.477. The molecule has 2 aromatic carbocycles. The molecule has 0 aliphatic carbocycles. The van der Waals surface area contributed by atoms with Gasteiger partial charge in [0.25, 0.3) is 0 Å². The van der Waals surface area contributed by atoms with Gasteiger partial charge in [0.1, 0.15) is 11.3 Å². The van der Waals surface area contributed by atoms with Gasteiger partial charge >= 0.3 is 0 Å². The Kier molecular flexibility index (Phi) is 3.76. The molecular formula is C18H13Br2FO2. The molecule has 0 bridgehead atoms. The quantitative estimate of drug-likeness (QED) is 0.432. The van der Waals surface area contributed by atoms with E-state index in [-0.39, 0.29) is 29.0 Å². The first-order valence-electron chi connectivity index (χ1n) is 7.88. The number of carbonyl (C=O) groups is 1. The molecule has 1 unspecified atom stereocenters. The molecule has 3 rings (SSSR count). The van der Waals surface area contributed by atoms with Crippen LogP contribution in [0.5, 0.6) is 0 Å². The molecule has 5 heteroatoms. The number of alkyl halides is 1. The first-order valence-corrected chi connectivity index (χ1v) is 8.47. The van der Waals surface area contributed by atoms with Crippen molar-refractivity contribution in [2.24, 2.45) is 0 Å². The Bertz CT molecular complexity index is 989. The van der Waals surface area contributed by atoms with E-state index in [1.54, 1.807) is 12.1 Å². The van der Waals surface area contributed by atoms with Crippen LogP contribution in [0.4, 0.5) is 4.39 Å². The first-order chi connectivity index (χ1) is 11.7. The highest BCUT2D eigenvalue weighted by atomic mass is 79.9. The van der Waals surface area contributed by atoms with Crippen molar-refractivity contribution in [3.63, 3.8) is 0 Å². The number of carbonyl (C=O) groups excluding carboxylic acids is 1. The maximum atomic E-state index is 14.1. The first kappa shape index (κ1) is 13.9. The van der Waals surface area contributed by atoms with Crippen LogP contribution in [-0.2, 0) is 0 Å². The Balaban J connectivity index is 2.28. The summed E-state index contributed by atoms with van der Waals surface area (Å²) in [4.78, 5) is 13.1. The highest BCUT2D eigenvalue weighted by Gasteiger charge is 2.25. The van der Waals surface area contributed by atoms with E-state index in [0.29, 0.717) is 10.9 Å². The molecule has 1 atom stereocenters. The molecule has 3 aromatic rings. The Morgan fingerprint density at radius 3 is 2.48 bits per heavy atom. The largest absolute Gasteiger partial charge is 0.457 e. The fourth-order valence-electron chi connectivity index (χ4n) is 2.39. The summed E-state index contributed by atoms with van der Waals surface area (Å²) in [7, 11) is 0. The van der Waals surface area contributed by atoms with Crippen LogP contribution in [0.1, 0.15) is 43.1 Å². The number of halogens is 3. The van der Waals surface area contributed by atoms with Crippen LogP contribution < -0.4 is 0 Å². The van der Waals surface area contributed by atoms with Gasteiger partial charge in [0.2, 0.25) is 0 Å². The van der Waals surface area contributed by atoms with E-state index >= 15 is 0 Å². The fraction of sp³-hybridized carbons (Fsp3) is 0.167. The number of hydrogen-bond donors (Lipinski definition) is 0. The molecule has 0 N–H and O–H groups in total. The van der Waals surface area contributed by atoms with Gasteiger partial charge in [-0.05, 0) is 37.6 Å². The van der Waals surface area contributed by atoms with Crippen molar-refractivity contribution in [2.75, 3.05) is 0 Å². The highest BCUT2D eigenvalue weighted by molar-refractivity contribution is 9.11. The number of para-hydroxylation sites is 1. The summed E-state index contributed by atoms with van der Waals surface area (Å²) < 4.78 is 36.6. The van der Waals surface area contributed by atoms with Crippen LogP contribution in [0.15, 0.2) is 49.7 Å². The zero-order valence-electron chi connectivity index (χ0n) is 14.3. The van der Waals surface area contributed by atoms with Crippen LogP contribution in [0, 0.1) is 6.92 Å². The topological polar surface area (TPSA) is 30.2 Å². The minimum Gasteiger partial charge on any atom is -0.457 e. The van der Waals surface area contributed by atoms with Gasteiger partial charge in [-0.15, -0.1) is 0 Å². The fourth-order valence-corrected chi connectivity index (χ4v) is 3.57. The smallest absolute Gasteiger partial charge is 0.197 e. The summed E-state index contributed by atoms with van der Waals surface area (Å²) in [6.07, 6.45) is -1.49. The van der Waals surface area contributed by atoms with Gasteiger partial charge in [-0.1, -0.05) is 50.0 Å². The molecule has 0 aliphatic rings. The summed E-state index contributed by atoms with van der Waals surface area (Å²) >= 11 is 6.82. The van der Waals surface area contributed by atoms with Crippen LogP contribution >= 0.6 is 31.9 Å². The normalized spacial score (nSPS) is 13.8. The van der Waals surface area contributed by atoms with Crippen LogP contribution in [0.25, 0.3) is 11.0 Å². The van der Waals surface area contributed by atoms with Crippen molar-refractivity contribution >= 4 is 48.6 Å². The third-order valence-corrected chi connectivity index (χ3v) is 5.28. The van der Waals surface area contributed by atoms with E-state index < -0.39 is 12.0 Å². The van der Waals surface area contributed by atoms with Crippen molar-refractivity contribution in [3.8, 4) is 0 Å². The Morgan fingerprint density at radius 1 is 1.26 bits per heavy atom. The second-order valence-electron chi connectivity index (χ2n) is 5.21. The van der Waals surface area contributed by atoms with Gasteiger partial charge in [0.05, 0.1) is 8.30 Å². The molecule has 0 amide bonds. The molecule has 23 heavy (non-hydrogen) atoms. The molecule has 1 heterocycles. The van der Waals surface area contributed by atoms with E-state index in [9.17, 15) is 9.18 Å². The van der Waals surface area contributed by atoms with E-state index in [1.165, 1.54) is 19.1 Å². The number of ketones is 1. The van der Waals surface area contributed by atoms with Gasteiger partial charge in [-0.25, -0.2) is 4.39 Å². The van der Waals surface area contributed by atoms with Crippen molar-refractivity contribution < 1.29 is 16.3 Å². The van der Waals surface area contributed by atoms with E-state index in [1.807, 2.05) is 6.92 Å². The lowest BCUT2D eigenvalue weighted by molar-refractivity contribution is 0.103. The maximum absolute atomic E-state index is 14.1. The Hall–Kier alpha value is -1.46. The second kappa shape index (κ2) is 6.21. The third kappa shape index (κ3) is 2.88. The highest BCUT2D eigenvalue weighted by Crippen LogP contribution is 2.35. The molecule has 0 aliphatic heterocycles. The lowest BCUT2D eigenvalue weighted by Crippen LogP contribution is -2.05. The summed E-state index contributed by atoms with van der Waals surface area (Å²) in [6, 6.07) is 5.97. The van der Waals surface area contributed by atoms with Crippen molar-refractivity contribution in [1.82, 2.24) is 0 Å². The SMILES string of the molecule is [2H]c1cc2oc(C(C)F)c(C(=O)c3cc(Br)c(C)c(Br)c3)c2cc1[2H]. The number of rotatable bonds is 3. The third-order valence-electron chi connectivity index (χ3n) is 3.64. The van der Waals surface area contributed by atoms with Crippen molar-refractivity contribution in [3.05, 3.63) is 67.7 Å². The minimum atomic E-state index is -1.49. The average Bonchev–Trinajstić information content (AvgIpc) is 2.90. The van der Waals surface area contributed by atoms with Crippen LogP contribution in [0.3, 0.4) is 0 Å². The number of benzene rings is 2. The van der Waals surface area contributed by atoms with Crippen LogP contribution in [0.2, 0.25) is 0 Å². The molecular weight excluding hydrogens is 427 g/mol. The number of hydrogen-bond acceptors (Lipinski definition) is 2. The molecule has 0 saturated carbocycles. The van der Waals surface area contributed by atoms with E-state index in [2.05, 4.69) is 31.9 Å². The lowest BCUT2D eigenvalue weighted by Gasteiger charge is -2.07. The van der Waals surface area contributed by atoms with Crippen molar-refractivity contribution in [2.45, 2.75) is 20.0 Å². The van der Waals surface area contributed by atoms with Crippen LogP contribution in [-0.4, -0.2) is 5.78 Å². The summed E-state index contributed by atoms with van der Waals surface area (Å²) in [6.45, 7) is 3.19. The summed E-state index contributed by atoms with van der Waals surface area (Å²) in [5, 5.41) is 0.346. The molecule has 0 spiro atoms. The average molecular weight is 442 g/mol. The molecule has 0 saturated heterocycles. The predicted octanol–water partition coefficient (Wildman–Crippen LogP) is 6.53. The Morgan fingerprint density at radius 2 is 1.87 bits per heavy atom. The van der Waals surface area contributed by atoms with E-state index in [4.69, 9.17) is 7.16 Å². The predicted molar refractivity (Wildman–Crippen MR) is 95.7 cm³/mol. The van der Waals surface area contributed by atoms with E-state index in [0.717, 1.165) is 14.5 Å². The van der Waals surface area contributed by atoms with Gasteiger partial charge in [-0.2, -0.15) is 0 Å². The molecule has 118 valence electrons. The lowest BCUT2D eigenvalue weighted by atomic mass is 9.98. The van der Waals surface area contributed by atoms with Crippen molar-refractivity contribution in [1.29, 1.82) is 0 Å². The number of fused-ring (bicyclic) bond motifs is 1. The standard InChI is InChI=1S/C18H13Br2FO2/c1-9-13(19)7-11(8-14(9)20)17(22)16-12-5-3-4-6-15(12)23-18(16)10(2)21/h3-8,10H,1-2H3/i3D,4D. The molecule has 0 radical (unpaired) electrons. The minimum absolute atomic E-state index is 0.0425. The number of furan rings is 1.